The molecule has 0 aliphatic heterocycles. The molecule has 1 atom stereocenters. The van der Waals surface area contributed by atoms with Gasteiger partial charge >= 0.3 is 0 Å². The van der Waals surface area contributed by atoms with Gasteiger partial charge in [0.15, 0.2) is 0 Å². The maximum Gasteiger partial charge on any atom is 0.0292 e. The maximum absolute atomic E-state index is 6.04. The number of benzene rings is 2. The van der Waals surface area contributed by atoms with Crippen LogP contribution in [0.3, 0.4) is 0 Å². The van der Waals surface area contributed by atoms with E-state index >= 15 is 0 Å². The number of hydrogen-bond donors (Lipinski definition) is 1. The van der Waals surface area contributed by atoms with Crippen LogP contribution < -0.4 is 5.73 Å². The standard InChI is InChI=1S/C18H23NS/c1-4-18(19)15-7-11-17(12-8-15)20-16-9-5-14(6-10-16)13(2)3/h5-13,18H,4,19H2,1-3H3/t18-/m1/s1. The molecule has 0 aliphatic carbocycles. The van der Waals surface area contributed by atoms with E-state index in [4.69, 9.17) is 5.73 Å². The van der Waals surface area contributed by atoms with E-state index < -0.39 is 0 Å². The molecule has 20 heavy (non-hydrogen) atoms. The average Bonchev–Trinajstić information content (AvgIpc) is 2.48. The lowest BCUT2D eigenvalue weighted by molar-refractivity contribution is 0.698. The fourth-order valence-electron chi connectivity index (χ4n) is 2.08. The molecule has 0 amide bonds. The third-order valence-electron chi connectivity index (χ3n) is 3.53. The van der Waals surface area contributed by atoms with E-state index in [9.17, 15) is 0 Å². The van der Waals surface area contributed by atoms with Crippen LogP contribution in [0.4, 0.5) is 0 Å². The van der Waals surface area contributed by atoms with E-state index in [0.29, 0.717) is 5.92 Å². The summed E-state index contributed by atoms with van der Waals surface area (Å²) in [6.45, 7) is 6.55. The SMILES string of the molecule is CC[C@@H](N)c1ccc(Sc2ccc(C(C)C)cc2)cc1. The molecule has 0 unspecified atom stereocenters. The first-order chi connectivity index (χ1) is 9.60. The minimum absolute atomic E-state index is 0.152. The van der Waals surface area contributed by atoms with Gasteiger partial charge in [-0.1, -0.05) is 56.8 Å². The van der Waals surface area contributed by atoms with Gasteiger partial charge in [0.05, 0.1) is 0 Å². The van der Waals surface area contributed by atoms with E-state index in [2.05, 4.69) is 69.3 Å². The van der Waals surface area contributed by atoms with Crippen LogP contribution in [0.2, 0.25) is 0 Å². The number of hydrogen-bond acceptors (Lipinski definition) is 2. The molecule has 0 aliphatic rings. The third kappa shape index (κ3) is 3.87. The molecule has 0 fully saturated rings. The second-order valence-electron chi connectivity index (χ2n) is 5.41. The first-order valence-electron chi connectivity index (χ1n) is 7.23. The highest BCUT2D eigenvalue weighted by Crippen LogP contribution is 2.29. The smallest absolute Gasteiger partial charge is 0.0292 e. The summed E-state index contributed by atoms with van der Waals surface area (Å²) < 4.78 is 0. The van der Waals surface area contributed by atoms with Crippen LogP contribution in [0.5, 0.6) is 0 Å². The molecule has 2 aromatic carbocycles. The fourth-order valence-corrected chi connectivity index (χ4v) is 2.89. The Hall–Kier alpha value is -1.25. The molecule has 0 saturated heterocycles. The van der Waals surface area contributed by atoms with Crippen LogP contribution in [0.25, 0.3) is 0 Å². The second-order valence-corrected chi connectivity index (χ2v) is 6.56. The second kappa shape index (κ2) is 6.96. The van der Waals surface area contributed by atoms with Gasteiger partial charge in [0, 0.05) is 15.8 Å². The predicted molar refractivity (Wildman–Crippen MR) is 88.3 cm³/mol. The first kappa shape index (κ1) is 15.1. The molecule has 2 heteroatoms. The van der Waals surface area contributed by atoms with E-state index in [1.807, 2.05) is 0 Å². The Balaban J connectivity index is 2.06. The van der Waals surface area contributed by atoms with Crippen molar-refractivity contribution in [1.82, 2.24) is 0 Å². The minimum Gasteiger partial charge on any atom is -0.324 e. The molecule has 0 radical (unpaired) electrons. The molecule has 2 aromatic rings. The van der Waals surface area contributed by atoms with Crippen molar-refractivity contribution >= 4 is 11.8 Å². The zero-order chi connectivity index (χ0) is 14.5. The molecular weight excluding hydrogens is 262 g/mol. The van der Waals surface area contributed by atoms with Gasteiger partial charge in [-0.2, -0.15) is 0 Å². The maximum atomic E-state index is 6.04. The molecule has 0 saturated carbocycles. The lowest BCUT2D eigenvalue weighted by Crippen LogP contribution is -2.07. The van der Waals surface area contributed by atoms with Gasteiger partial charge in [-0.25, -0.2) is 0 Å². The summed E-state index contributed by atoms with van der Waals surface area (Å²) in [5, 5.41) is 0. The van der Waals surface area contributed by atoms with E-state index in [1.54, 1.807) is 11.8 Å². The van der Waals surface area contributed by atoms with Crippen molar-refractivity contribution in [3.63, 3.8) is 0 Å². The number of rotatable bonds is 5. The zero-order valence-electron chi connectivity index (χ0n) is 12.5. The monoisotopic (exact) mass is 285 g/mol. The molecule has 0 heterocycles. The van der Waals surface area contributed by atoms with E-state index in [0.717, 1.165) is 6.42 Å². The Morgan fingerprint density at radius 2 is 1.30 bits per heavy atom. The summed E-state index contributed by atoms with van der Waals surface area (Å²) in [5.41, 5.74) is 8.64. The Kier molecular flexibility index (Phi) is 5.27. The van der Waals surface area contributed by atoms with Crippen LogP contribution >= 0.6 is 11.8 Å². The average molecular weight is 285 g/mol. The Morgan fingerprint density at radius 3 is 1.70 bits per heavy atom. The van der Waals surface area contributed by atoms with Crippen LogP contribution in [0.15, 0.2) is 58.3 Å². The molecule has 106 valence electrons. The van der Waals surface area contributed by atoms with E-state index in [1.165, 1.54) is 20.9 Å². The van der Waals surface area contributed by atoms with Crippen LogP contribution in [-0.2, 0) is 0 Å². The van der Waals surface area contributed by atoms with Crippen LogP contribution in [0, 0.1) is 0 Å². The van der Waals surface area contributed by atoms with Crippen molar-refractivity contribution in [3.8, 4) is 0 Å². The summed E-state index contributed by atoms with van der Waals surface area (Å²) in [5.74, 6) is 0.587. The van der Waals surface area contributed by atoms with Gasteiger partial charge < -0.3 is 5.73 Å². The summed E-state index contributed by atoms with van der Waals surface area (Å²) in [6, 6.07) is 17.6. The first-order valence-corrected chi connectivity index (χ1v) is 8.05. The van der Waals surface area contributed by atoms with Crippen molar-refractivity contribution < 1.29 is 0 Å². The molecule has 2 N–H and O–H groups in total. The van der Waals surface area contributed by atoms with Gasteiger partial charge in [0.1, 0.15) is 0 Å². The van der Waals surface area contributed by atoms with Crippen molar-refractivity contribution in [2.24, 2.45) is 5.73 Å². The lowest BCUT2D eigenvalue weighted by atomic mass is 10.0. The summed E-state index contributed by atoms with van der Waals surface area (Å²) >= 11 is 1.80. The highest BCUT2D eigenvalue weighted by atomic mass is 32.2. The normalized spacial score (nSPS) is 12.7. The predicted octanol–water partition coefficient (Wildman–Crippen LogP) is 5.37. The van der Waals surface area contributed by atoms with Gasteiger partial charge in [0.25, 0.3) is 0 Å². The largest absolute Gasteiger partial charge is 0.324 e. The van der Waals surface area contributed by atoms with Gasteiger partial charge in [0.2, 0.25) is 0 Å². The third-order valence-corrected chi connectivity index (χ3v) is 4.55. The lowest BCUT2D eigenvalue weighted by Gasteiger charge is -2.10. The van der Waals surface area contributed by atoms with Gasteiger partial charge in [-0.15, -0.1) is 0 Å². The quantitative estimate of drug-likeness (QED) is 0.799. The highest BCUT2D eigenvalue weighted by molar-refractivity contribution is 7.99. The Labute approximate surface area is 126 Å². The zero-order valence-corrected chi connectivity index (χ0v) is 13.3. The topological polar surface area (TPSA) is 26.0 Å². The highest BCUT2D eigenvalue weighted by Gasteiger charge is 2.04. The summed E-state index contributed by atoms with van der Waals surface area (Å²) in [6.07, 6.45) is 0.975. The molecule has 2 rings (SSSR count). The number of nitrogens with two attached hydrogens (primary N) is 1. The molecule has 0 bridgehead atoms. The molecule has 1 nitrogen and oxygen atoms in total. The minimum atomic E-state index is 0.152. The van der Waals surface area contributed by atoms with Crippen molar-refractivity contribution in [1.29, 1.82) is 0 Å². The van der Waals surface area contributed by atoms with Crippen LogP contribution in [-0.4, -0.2) is 0 Å². The fraction of sp³-hybridized carbons (Fsp3) is 0.333. The van der Waals surface area contributed by atoms with Crippen molar-refractivity contribution in [3.05, 3.63) is 59.7 Å². The molecule has 0 spiro atoms. The molecule has 0 aromatic heterocycles. The Morgan fingerprint density at radius 1 is 0.850 bits per heavy atom. The van der Waals surface area contributed by atoms with Gasteiger partial charge in [-0.05, 0) is 47.7 Å². The summed E-state index contributed by atoms with van der Waals surface area (Å²) in [7, 11) is 0. The van der Waals surface area contributed by atoms with Crippen molar-refractivity contribution in [2.75, 3.05) is 0 Å². The van der Waals surface area contributed by atoms with E-state index in [-0.39, 0.29) is 6.04 Å². The summed E-state index contributed by atoms with van der Waals surface area (Å²) in [4.78, 5) is 2.54. The van der Waals surface area contributed by atoms with Gasteiger partial charge in [-0.3, -0.25) is 0 Å². The van der Waals surface area contributed by atoms with Crippen LogP contribution in [0.1, 0.15) is 50.3 Å². The Bertz CT molecular complexity index is 528. The van der Waals surface area contributed by atoms with Crippen molar-refractivity contribution in [2.45, 2.75) is 48.9 Å². The molecular formula is C18H23NS.